The number of carbonyl (C=O) groups excluding carboxylic acids is 1. The molecule has 3 aromatic heterocycles. The predicted octanol–water partition coefficient (Wildman–Crippen LogP) is 2.00. The van der Waals surface area contributed by atoms with E-state index in [2.05, 4.69) is 25.9 Å². The van der Waals surface area contributed by atoms with E-state index >= 15 is 0 Å². The molecule has 0 bridgehead atoms. The Hall–Kier alpha value is -2.55. The number of hydrogen-bond acceptors (Lipinski definition) is 7. The number of hydrogen-bond donors (Lipinski definition) is 2. The smallest absolute Gasteiger partial charge is 0.223 e. The molecule has 1 atom stereocenters. The van der Waals surface area contributed by atoms with Crippen LogP contribution in [0.25, 0.3) is 10.6 Å². The number of aromatic amines is 1. The molecule has 0 radical (unpaired) electrons. The lowest BCUT2D eigenvalue weighted by atomic mass is 9.90. The topological polar surface area (TPSA) is 110 Å². The molecule has 1 aliphatic carbocycles. The zero-order valence-electron chi connectivity index (χ0n) is 14.7. The Morgan fingerprint density at radius 3 is 3.08 bits per heavy atom. The summed E-state index contributed by atoms with van der Waals surface area (Å²) in [7, 11) is 0. The highest BCUT2D eigenvalue weighted by molar-refractivity contribution is 7.15. The van der Waals surface area contributed by atoms with Gasteiger partial charge in [0, 0.05) is 30.2 Å². The summed E-state index contributed by atoms with van der Waals surface area (Å²) in [4.78, 5) is 18.5. The minimum absolute atomic E-state index is 0.0283. The van der Waals surface area contributed by atoms with Crippen molar-refractivity contribution in [3.63, 3.8) is 0 Å². The Bertz CT molecular complexity index is 894. The van der Waals surface area contributed by atoms with Crippen molar-refractivity contribution in [1.82, 2.24) is 30.9 Å². The van der Waals surface area contributed by atoms with Crippen molar-refractivity contribution in [2.75, 3.05) is 6.54 Å². The molecule has 136 valence electrons. The Kier molecular flexibility index (Phi) is 4.54. The third-order valence-electron chi connectivity index (χ3n) is 4.70. The first kappa shape index (κ1) is 16.9. The minimum Gasteiger partial charge on any atom is -0.361 e. The fourth-order valence-corrected chi connectivity index (χ4v) is 4.55. The van der Waals surface area contributed by atoms with Gasteiger partial charge in [-0.25, -0.2) is 4.98 Å². The van der Waals surface area contributed by atoms with E-state index in [1.807, 2.05) is 13.8 Å². The number of nitrogens with one attached hydrogen (secondary N) is 2. The molecule has 0 saturated carbocycles. The zero-order chi connectivity index (χ0) is 18.1. The van der Waals surface area contributed by atoms with Crippen molar-refractivity contribution in [2.24, 2.45) is 5.92 Å². The number of rotatable bonds is 5. The second-order valence-corrected chi connectivity index (χ2v) is 7.61. The summed E-state index contributed by atoms with van der Waals surface area (Å²) in [5.74, 6) is 0.848. The predicted molar refractivity (Wildman–Crippen MR) is 95.7 cm³/mol. The average molecular weight is 372 g/mol. The van der Waals surface area contributed by atoms with Gasteiger partial charge < -0.3 is 9.84 Å². The van der Waals surface area contributed by atoms with Crippen LogP contribution in [0.5, 0.6) is 0 Å². The Balaban J connectivity index is 1.40. The van der Waals surface area contributed by atoms with Crippen LogP contribution >= 0.6 is 11.3 Å². The van der Waals surface area contributed by atoms with Gasteiger partial charge >= 0.3 is 0 Å². The quantitative estimate of drug-likeness (QED) is 0.709. The molecule has 4 rings (SSSR count). The molecule has 1 amide bonds. The van der Waals surface area contributed by atoms with E-state index in [9.17, 15) is 4.79 Å². The second-order valence-electron chi connectivity index (χ2n) is 6.53. The number of nitrogens with zero attached hydrogens (tertiary/aromatic N) is 4. The van der Waals surface area contributed by atoms with Gasteiger partial charge in [-0.2, -0.15) is 15.4 Å². The molecule has 1 unspecified atom stereocenters. The largest absolute Gasteiger partial charge is 0.361 e. The summed E-state index contributed by atoms with van der Waals surface area (Å²) >= 11 is 1.69. The van der Waals surface area contributed by atoms with Crippen molar-refractivity contribution >= 4 is 17.2 Å². The summed E-state index contributed by atoms with van der Waals surface area (Å²) in [6, 6.07) is 0. The summed E-state index contributed by atoms with van der Waals surface area (Å²) in [6.07, 6.45) is 4.77. The van der Waals surface area contributed by atoms with E-state index in [0.29, 0.717) is 19.4 Å². The van der Waals surface area contributed by atoms with Crippen LogP contribution in [-0.2, 0) is 24.1 Å². The molecule has 9 heteroatoms. The molecule has 2 N–H and O–H groups in total. The van der Waals surface area contributed by atoms with Crippen molar-refractivity contribution in [3.05, 3.63) is 33.9 Å². The summed E-state index contributed by atoms with van der Waals surface area (Å²) in [5, 5.41) is 18.3. The number of aryl methyl sites for hydroxylation is 3. The van der Waals surface area contributed by atoms with E-state index in [4.69, 9.17) is 9.51 Å². The van der Waals surface area contributed by atoms with Crippen LogP contribution in [0, 0.1) is 19.8 Å². The molecule has 26 heavy (non-hydrogen) atoms. The highest BCUT2D eigenvalue weighted by Crippen LogP contribution is 2.36. The fraction of sp³-hybridized carbons (Fsp3) is 0.471. The van der Waals surface area contributed by atoms with Gasteiger partial charge in [-0.15, -0.1) is 11.3 Å². The molecular formula is C17H20N6O2S. The summed E-state index contributed by atoms with van der Waals surface area (Å²) < 4.78 is 5.26. The fourth-order valence-electron chi connectivity index (χ4n) is 3.30. The van der Waals surface area contributed by atoms with E-state index in [1.54, 1.807) is 17.5 Å². The van der Waals surface area contributed by atoms with E-state index < -0.39 is 0 Å². The number of fused-ring (bicyclic) bond motifs is 1. The molecule has 0 spiro atoms. The lowest BCUT2D eigenvalue weighted by Crippen LogP contribution is -2.35. The SMILES string of the molecule is Cc1noc(C)c1-c1nc2c(s1)CCC(C(=O)NCCc1cn[nH]n1)C2. The van der Waals surface area contributed by atoms with Gasteiger partial charge in [0.25, 0.3) is 0 Å². The van der Waals surface area contributed by atoms with Gasteiger partial charge in [0.1, 0.15) is 10.8 Å². The number of carbonyl (C=O) groups is 1. The van der Waals surface area contributed by atoms with E-state index in [-0.39, 0.29) is 11.8 Å². The van der Waals surface area contributed by atoms with Crippen LogP contribution in [0.1, 0.15) is 34.1 Å². The standard InChI is InChI=1S/C17H20N6O2S/c1-9-15(10(2)25-22-9)17-20-13-7-11(3-4-14(13)26-17)16(24)18-6-5-12-8-19-23-21-12/h8,11H,3-7H2,1-2H3,(H,18,24)(H,19,21,23). The number of H-pyrrole nitrogens is 1. The Morgan fingerprint density at radius 1 is 1.46 bits per heavy atom. The third-order valence-corrected chi connectivity index (χ3v) is 5.88. The third kappa shape index (κ3) is 3.26. The maximum absolute atomic E-state index is 12.5. The number of amides is 1. The number of aromatic nitrogens is 5. The monoisotopic (exact) mass is 372 g/mol. The van der Waals surface area contributed by atoms with Crippen LogP contribution in [0.3, 0.4) is 0 Å². The van der Waals surface area contributed by atoms with Gasteiger partial charge in [0.2, 0.25) is 5.91 Å². The second kappa shape index (κ2) is 6.99. The van der Waals surface area contributed by atoms with E-state index in [1.165, 1.54) is 4.88 Å². The van der Waals surface area contributed by atoms with Gasteiger partial charge in [0.05, 0.1) is 28.8 Å². The molecule has 0 aromatic carbocycles. The maximum Gasteiger partial charge on any atom is 0.223 e. The van der Waals surface area contributed by atoms with Gasteiger partial charge in [0.15, 0.2) is 0 Å². The summed E-state index contributed by atoms with van der Waals surface area (Å²) in [6.45, 7) is 4.40. The van der Waals surface area contributed by atoms with Crippen LogP contribution in [-0.4, -0.2) is 38.0 Å². The van der Waals surface area contributed by atoms with Crippen LogP contribution in [0.15, 0.2) is 10.7 Å². The molecule has 0 saturated heterocycles. The molecule has 3 heterocycles. The first-order valence-corrected chi connectivity index (χ1v) is 9.47. The Labute approximate surface area is 154 Å². The summed E-state index contributed by atoms with van der Waals surface area (Å²) in [5.41, 5.74) is 3.72. The highest BCUT2D eigenvalue weighted by Gasteiger charge is 2.28. The van der Waals surface area contributed by atoms with Crippen molar-refractivity contribution in [2.45, 2.75) is 39.5 Å². The van der Waals surface area contributed by atoms with Crippen molar-refractivity contribution in [3.8, 4) is 10.6 Å². The van der Waals surface area contributed by atoms with E-state index in [0.717, 1.165) is 46.3 Å². The van der Waals surface area contributed by atoms with Crippen LogP contribution in [0.4, 0.5) is 0 Å². The molecule has 1 aliphatic rings. The normalized spacial score (nSPS) is 16.5. The first-order chi connectivity index (χ1) is 12.6. The molecule has 0 fully saturated rings. The Morgan fingerprint density at radius 2 is 2.35 bits per heavy atom. The zero-order valence-corrected chi connectivity index (χ0v) is 15.5. The van der Waals surface area contributed by atoms with Crippen molar-refractivity contribution < 1.29 is 9.32 Å². The molecule has 3 aromatic rings. The maximum atomic E-state index is 12.5. The van der Waals surface area contributed by atoms with Gasteiger partial charge in [-0.3, -0.25) is 4.79 Å². The lowest BCUT2D eigenvalue weighted by Gasteiger charge is -2.20. The average Bonchev–Trinajstić information content (AvgIpc) is 3.34. The first-order valence-electron chi connectivity index (χ1n) is 8.66. The van der Waals surface area contributed by atoms with Crippen molar-refractivity contribution in [1.29, 1.82) is 0 Å². The molecular weight excluding hydrogens is 352 g/mol. The molecule has 8 nitrogen and oxygen atoms in total. The number of thiazole rings is 1. The van der Waals surface area contributed by atoms with Crippen LogP contribution < -0.4 is 5.32 Å². The van der Waals surface area contributed by atoms with Gasteiger partial charge in [-0.05, 0) is 26.7 Å². The lowest BCUT2D eigenvalue weighted by molar-refractivity contribution is -0.125. The van der Waals surface area contributed by atoms with Gasteiger partial charge in [-0.1, -0.05) is 5.16 Å². The molecule has 0 aliphatic heterocycles. The minimum atomic E-state index is -0.0283. The van der Waals surface area contributed by atoms with Crippen LogP contribution in [0.2, 0.25) is 0 Å². The highest BCUT2D eigenvalue weighted by atomic mass is 32.1.